The van der Waals surface area contributed by atoms with E-state index in [4.69, 9.17) is 4.42 Å². The zero-order valence-electron chi connectivity index (χ0n) is 22.6. The summed E-state index contributed by atoms with van der Waals surface area (Å²) in [7, 11) is -4.23. The normalized spacial score (nSPS) is 14.9. The van der Waals surface area contributed by atoms with Crippen molar-refractivity contribution in [1.29, 1.82) is 0 Å². The second-order valence-corrected chi connectivity index (χ2v) is 11.8. The van der Waals surface area contributed by atoms with Crippen molar-refractivity contribution in [3.05, 3.63) is 113 Å². The number of benzene rings is 3. The van der Waals surface area contributed by atoms with Crippen molar-refractivity contribution < 1.29 is 22.4 Å². The number of sulfonamides is 1. The summed E-state index contributed by atoms with van der Waals surface area (Å²) in [4.78, 5) is 29.1. The number of aryl methyl sites for hydroxylation is 3. The minimum absolute atomic E-state index is 0.136. The lowest BCUT2D eigenvalue weighted by atomic mass is 10.1. The summed E-state index contributed by atoms with van der Waals surface area (Å²) in [5.41, 5.74) is 3.69. The van der Waals surface area contributed by atoms with E-state index < -0.39 is 22.0 Å². The van der Waals surface area contributed by atoms with Gasteiger partial charge in [-0.2, -0.15) is 0 Å². The molecule has 1 aromatic heterocycles. The van der Waals surface area contributed by atoms with Crippen molar-refractivity contribution in [2.45, 2.75) is 51.2 Å². The Morgan fingerprint density at radius 2 is 1.60 bits per heavy atom. The van der Waals surface area contributed by atoms with E-state index in [9.17, 15) is 18.0 Å². The van der Waals surface area contributed by atoms with Gasteiger partial charge in [0.25, 0.3) is 10.0 Å². The summed E-state index contributed by atoms with van der Waals surface area (Å²) in [5, 5.41) is 2.81. The summed E-state index contributed by atoms with van der Waals surface area (Å²) in [6.07, 6.45) is 1.18. The molecule has 0 fully saturated rings. The molecule has 0 bridgehead atoms. The third-order valence-corrected chi connectivity index (χ3v) is 9.10. The predicted molar refractivity (Wildman–Crippen MR) is 153 cm³/mol. The summed E-state index contributed by atoms with van der Waals surface area (Å²) in [5.74, 6) is -0.355. The third-order valence-electron chi connectivity index (χ3n) is 6.97. The number of furan rings is 1. The molecule has 5 rings (SSSR count). The molecule has 8 nitrogen and oxygen atoms in total. The number of nitrogens with one attached hydrogen (secondary N) is 1. The van der Waals surface area contributed by atoms with Gasteiger partial charge in [-0.1, -0.05) is 60.2 Å². The number of rotatable bonds is 8. The molecule has 3 aromatic carbocycles. The highest BCUT2D eigenvalue weighted by Gasteiger charge is 2.43. The first kappa shape index (κ1) is 27.2. The molecule has 1 unspecified atom stereocenters. The third kappa shape index (κ3) is 5.37. The fraction of sp³-hybridized carbons (Fsp3) is 0.226. The van der Waals surface area contributed by atoms with Gasteiger partial charge in [0.15, 0.2) is 0 Å². The maximum absolute atomic E-state index is 14.4. The molecule has 1 aliphatic heterocycles. The Hall–Kier alpha value is -4.37. The number of fused-ring (bicyclic) bond motifs is 1. The minimum atomic E-state index is -4.23. The van der Waals surface area contributed by atoms with Crippen LogP contribution in [0, 0.1) is 20.8 Å². The highest BCUT2D eigenvalue weighted by Crippen LogP contribution is 2.39. The molecule has 2 heterocycles. The molecular weight excluding hydrogens is 526 g/mol. The van der Waals surface area contributed by atoms with Gasteiger partial charge in [-0.05, 0) is 61.7 Å². The molecule has 0 saturated heterocycles. The maximum atomic E-state index is 14.4. The smallest absolute Gasteiger partial charge is 0.265 e. The molecule has 206 valence electrons. The number of amides is 2. The van der Waals surface area contributed by atoms with E-state index in [1.165, 1.54) is 6.26 Å². The zero-order chi connectivity index (χ0) is 28.4. The average Bonchev–Trinajstić information content (AvgIpc) is 3.41. The quantitative estimate of drug-likeness (QED) is 0.315. The summed E-state index contributed by atoms with van der Waals surface area (Å²) in [6, 6.07) is 22.1. The van der Waals surface area contributed by atoms with Gasteiger partial charge in [0.2, 0.25) is 11.8 Å². The van der Waals surface area contributed by atoms with Gasteiger partial charge in [0, 0.05) is 6.54 Å². The number of para-hydroxylation sites is 2. The Morgan fingerprint density at radius 1 is 0.925 bits per heavy atom. The highest BCUT2D eigenvalue weighted by atomic mass is 32.2. The number of hydrogen-bond donors (Lipinski definition) is 1. The lowest BCUT2D eigenvalue weighted by Gasteiger charge is -2.38. The summed E-state index contributed by atoms with van der Waals surface area (Å²) in [6.45, 7) is 5.84. The number of anilines is 2. The Morgan fingerprint density at radius 3 is 2.27 bits per heavy atom. The number of carbonyl (C=O) groups is 2. The van der Waals surface area contributed by atoms with Crippen molar-refractivity contribution >= 4 is 33.2 Å². The lowest BCUT2D eigenvalue weighted by Crippen LogP contribution is -2.53. The molecule has 40 heavy (non-hydrogen) atoms. The van der Waals surface area contributed by atoms with Crippen LogP contribution in [0.3, 0.4) is 0 Å². The second-order valence-electron chi connectivity index (χ2n) is 10.1. The second kappa shape index (κ2) is 11.0. The van der Waals surface area contributed by atoms with E-state index >= 15 is 0 Å². The number of carbonyl (C=O) groups excluding carboxylic acids is 2. The SMILES string of the molecule is Cc1cc(C)c(S(=O)(=O)N2c3ccccc3NC(=O)C2CC(=O)N(Cc2ccccc2)Cc2ccco2)c(C)c1. The van der Waals surface area contributed by atoms with Gasteiger partial charge < -0.3 is 14.6 Å². The van der Waals surface area contributed by atoms with Crippen molar-refractivity contribution in [3.8, 4) is 0 Å². The van der Waals surface area contributed by atoms with Crippen LogP contribution in [0.4, 0.5) is 11.4 Å². The van der Waals surface area contributed by atoms with Crippen LogP contribution in [0.2, 0.25) is 0 Å². The molecule has 0 saturated carbocycles. The molecular formula is C31H31N3O5S. The summed E-state index contributed by atoms with van der Waals surface area (Å²) < 4.78 is 35.3. The molecule has 1 aliphatic rings. The fourth-order valence-electron chi connectivity index (χ4n) is 5.33. The first-order chi connectivity index (χ1) is 19.1. The molecule has 1 N–H and O–H groups in total. The Bertz CT molecular complexity index is 1630. The van der Waals surface area contributed by atoms with E-state index in [2.05, 4.69) is 5.32 Å². The van der Waals surface area contributed by atoms with E-state index in [1.54, 1.807) is 67.3 Å². The van der Waals surface area contributed by atoms with Crippen LogP contribution in [-0.2, 0) is 32.7 Å². The average molecular weight is 558 g/mol. The van der Waals surface area contributed by atoms with Gasteiger partial charge in [-0.25, -0.2) is 8.42 Å². The van der Waals surface area contributed by atoms with Gasteiger partial charge >= 0.3 is 0 Å². The van der Waals surface area contributed by atoms with Crippen LogP contribution < -0.4 is 9.62 Å². The Labute approximate surface area is 234 Å². The zero-order valence-corrected chi connectivity index (χ0v) is 23.4. The first-order valence-electron chi connectivity index (χ1n) is 13.0. The van der Waals surface area contributed by atoms with Crippen LogP contribution >= 0.6 is 0 Å². The highest BCUT2D eigenvalue weighted by molar-refractivity contribution is 7.93. The Balaban J connectivity index is 1.55. The number of nitrogens with zero attached hydrogens (tertiary/aromatic N) is 2. The van der Waals surface area contributed by atoms with Gasteiger partial charge in [0.1, 0.15) is 11.8 Å². The standard InChI is InChI=1S/C31H31N3O5S/c1-21-16-22(2)30(23(3)17-21)40(37,38)34-27-14-8-7-13-26(27)32-31(36)28(34)18-29(35)33(20-25-12-9-15-39-25)19-24-10-5-4-6-11-24/h4-17,28H,18-20H2,1-3H3,(H,32,36). The van der Waals surface area contributed by atoms with Crippen LogP contribution in [-0.4, -0.2) is 31.2 Å². The number of hydrogen-bond acceptors (Lipinski definition) is 5. The van der Waals surface area contributed by atoms with Crippen LogP contribution in [0.25, 0.3) is 0 Å². The van der Waals surface area contributed by atoms with Gasteiger partial charge in [0.05, 0.1) is 35.5 Å². The van der Waals surface area contributed by atoms with E-state index in [1.807, 2.05) is 37.3 Å². The Kier molecular flexibility index (Phi) is 7.49. The first-order valence-corrected chi connectivity index (χ1v) is 14.5. The van der Waals surface area contributed by atoms with Crippen molar-refractivity contribution in [2.75, 3.05) is 9.62 Å². The van der Waals surface area contributed by atoms with Crippen molar-refractivity contribution in [3.63, 3.8) is 0 Å². The van der Waals surface area contributed by atoms with E-state index in [-0.39, 0.29) is 30.3 Å². The van der Waals surface area contributed by atoms with Crippen molar-refractivity contribution in [1.82, 2.24) is 4.90 Å². The monoisotopic (exact) mass is 557 g/mol. The molecule has 0 aliphatic carbocycles. The minimum Gasteiger partial charge on any atom is -0.467 e. The van der Waals surface area contributed by atoms with Crippen LogP contribution in [0.5, 0.6) is 0 Å². The van der Waals surface area contributed by atoms with Gasteiger partial charge in [-0.15, -0.1) is 0 Å². The predicted octanol–water partition coefficient (Wildman–Crippen LogP) is 5.34. The van der Waals surface area contributed by atoms with Crippen molar-refractivity contribution in [2.24, 2.45) is 0 Å². The molecule has 9 heteroatoms. The molecule has 2 amide bonds. The lowest BCUT2D eigenvalue weighted by molar-refractivity contribution is -0.134. The van der Waals surface area contributed by atoms with E-state index in [0.29, 0.717) is 28.3 Å². The molecule has 4 aromatic rings. The van der Waals surface area contributed by atoms with E-state index in [0.717, 1.165) is 15.4 Å². The fourth-order valence-corrected chi connectivity index (χ4v) is 7.38. The molecule has 0 spiro atoms. The summed E-state index contributed by atoms with van der Waals surface area (Å²) >= 11 is 0. The van der Waals surface area contributed by atoms with Gasteiger partial charge in [-0.3, -0.25) is 13.9 Å². The largest absolute Gasteiger partial charge is 0.467 e. The topological polar surface area (TPSA) is 99.9 Å². The molecule has 0 radical (unpaired) electrons. The van der Waals surface area contributed by atoms with Crippen LogP contribution in [0.15, 0.2) is 94.4 Å². The maximum Gasteiger partial charge on any atom is 0.265 e. The molecule has 1 atom stereocenters. The van der Waals surface area contributed by atoms with Crippen LogP contribution in [0.1, 0.15) is 34.4 Å².